The molecule has 8 heteroatoms. The minimum absolute atomic E-state index is 0.216. The lowest BCUT2D eigenvalue weighted by Gasteiger charge is -2.14. The Bertz CT molecular complexity index is 921. The van der Waals surface area contributed by atoms with Gasteiger partial charge in [0.25, 0.3) is 0 Å². The number of ether oxygens (including phenoxy) is 1. The largest absolute Gasteiger partial charge is 0.492 e. The first-order chi connectivity index (χ1) is 13.6. The van der Waals surface area contributed by atoms with Crippen LogP contribution in [-0.2, 0) is 0 Å². The summed E-state index contributed by atoms with van der Waals surface area (Å²) >= 11 is 0. The Hall–Kier alpha value is -3.52. The average molecular weight is 377 g/mol. The molecule has 0 aliphatic rings. The van der Waals surface area contributed by atoms with Gasteiger partial charge >= 0.3 is 0 Å². The van der Waals surface area contributed by atoms with Crippen LogP contribution in [0, 0.1) is 9.81 Å². The number of rotatable bonds is 8. The maximum Gasteiger partial charge on any atom is 0.134 e. The van der Waals surface area contributed by atoms with Gasteiger partial charge in [0, 0.05) is 30.1 Å². The monoisotopic (exact) mass is 377 g/mol. The third-order valence-corrected chi connectivity index (χ3v) is 4.03. The minimum atomic E-state index is 0.216. The van der Waals surface area contributed by atoms with Gasteiger partial charge in [-0.25, -0.2) is 0 Å². The molecule has 0 spiro atoms. The van der Waals surface area contributed by atoms with E-state index in [1.165, 1.54) is 0 Å². The Labute approximate surface area is 162 Å². The molecule has 0 fully saturated rings. The van der Waals surface area contributed by atoms with Gasteiger partial charge < -0.3 is 9.64 Å². The molecule has 28 heavy (non-hydrogen) atoms. The lowest BCUT2D eigenvalue weighted by molar-refractivity contribution is 0.261. The fourth-order valence-electron chi connectivity index (χ4n) is 2.69. The summed E-state index contributed by atoms with van der Waals surface area (Å²) in [6, 6.07) is 11.8. The van der Waals surface area contributed by atoms with E-state index in [-0.39, 0.29) is 11.4 Å². The molecule has 0 saturated heterocycles. The second-order valence-corrected chi connectivity index (χ2v) is 6.32. The van der Waals surface area contributed by atoms with Crippen LogP contribution in [0.25, 0.3) is 22.5 Å². The van der Waals surface area contributed by atoms with E-state index >= 15 is 0 Å². The van der Waals surface area contributed by atoms with Gasteiger partial charge in [0.1, 0.15) is 23.7 Å². The molecule has 3 rings (SSSR count). The Kier molecular flexibility index (Phi) is 6.13. The number of nitroso groups, excluding NO2 is 2. The van der Waals surface area contributed by atoms with Crippen LogP contribution >= 0.6 is 0 Å². The maximum absolute atomic E-state index is 11.2. The van der Waals surface area contributed by atoms with Crippen molar-refractivity contribution in [1.82, 2.24) is 14.9 Å². The van der Waals surface area contributed by atoms with Crippen molar-refractivity contribution in [3.05, 3.63) is 64.7 Å². The van der Waals surface area contributed by atoms with Crippen molar-refractivity contribution in [2.24, 2.45) is 10.4 Å². The molecule has 0 radical (unpaired) electrons. The number of nitrogens with zero attached hydrogens (tertiary/aromatic N) is 5. The van der Waals surface area contributed by atoms with Crippen LogP contribution in [0.3, 0.4) is 0 Å². The van der Waals surface area contributed by atoms with E-state index in [0.29, 0.717) is 34.9 Å². The van der Waals surface area contributed by atoms with Crippen molar-refractivity contribution in [1.29, 1.82) is 0 Å². The lowest BCUT2D eigenvalue weighted by atomic mass is 10.0. The van der Waals surface area contributed by atoms with Crippen LogP contribution in [0.4, 0.5) is 11.4 Å². The van der Waals surface area contributed by atoms with Crippen LogP contribution < -0.4 is 4.74 Å². The molecule has 1 aromatic carbocycles. The number of pyridine rings is 2. The van der Waals surface area contributed by atoms with Crippen molar-refractivity contribution in [3.8, 4) is 28.3 Å². The third-order valence-electron chi connectivity index (χ3n) is 4.03. The molecular weight excluding hydrogens is 358 g/mol. The highest BCUT2D eigenvalue weighted by atomic mass is 16.5. The summed E-state index contributed by atoms with van der Waals surface area (Å²) in [6.45, 7) is 1.20. The summed E-state index contributed by atoms with van der Waals surface area (Å²) in [7, 11) is 3.91. The summed E-state index contributed by atoms with van der Waals surface area (Å²) in [4.78, 5) is 33.0. The molecule has 0 aliphatic carbocycles. The normalized spacial score (nSPS) is 10.7. The van der Waals surface area contributed by atoms with Gasteiger partial charge in [0.2, 0.25) is 0 Å². The molecule has 142 valence electrons. The molecule has 8 nitrogen and oxygen atoms in total. The Morgan fingerprint density at radius 2 is 1.43 bits per heavy atom. The number of hydrogen-bond donors (Lipinski definition) is 0. The summed E-state index contributed by atoms with van der Waals surface area (Å²) in [6.07, 6.45) is 3.17. The topological polar surface area (TPSA) is 97.1 Å². The zero-order chi connectivity index (χ0) is 19.9. The summed E-state index contributed by atoms with van der Waals surface area (Å²) in [5.74, 6) is 0.569. The standard InChI is InChI=1S/C20H19N5O3/c1-25(2)9-10-28-16-12-14(19-17(23-26)5-3-7-21-19)11-15(13-16)20-18(24-27)6-4-8-22-20/h3-8,11-13H,9-10H2,1-2H3. The molecule has 0 bridgehead atoms. The lowest BCUT2D eigenvalue weighted by Crippen LogP contribution is -2.19. The molecule has 3 aromatic rings. The SMILES string of the molecule is CN(C)CCOc1cc(-c2ncccc2N=O)cc(-c2ncccc2N=O)c1. The third kappa shape index (κ3) is 4.41. The van der Waals surface area contributed by atoms with E-state index in [4.69, 9.17) is 4.74 Å². The van der Waals surface area contributed by atoms with Crippen LogP contribution in [0.5, 0.6) is 5.75 Å². The zero-order valence-electron chi connectivity index (χ0n) is 15.6. The first-order valence-corrected chi connectivity index (χ1v) is 8.62. The fraction of sp³-hybridized carbons (Fsp3) is 0.200. The number of hydrogen-bond acceptors (Lipinski definition) is 8. The van der Waals surface area contributed by atoms with E-state index in [9.17, 15) is 9.81 Å². The van der Waals surface area contributed by atoms with Gasteiger partial charge in [-0.05, 0) is 66.9 Å². The Morgan fingerprint density at radius 3 is 1.89 bits per heavy atom. The number of likely N-dealkylation sites (N-methyl/N-ethyl adjacent to an activating group) is 1. The van der Waals surface area contributed by atoms with Gasteiger partial charge in [-0.3, -0.25) is 9.97 Å². The zero-order valence-corrected chi connectivity index (χ0v) is 15.6. The van der Waals surface area contributed by atoms with Gasteiger partial charge in [-0.1, -0.05) is 0 Å². The average Bonchev–Trinajstić information content (AvgIpc) is 2.73. The first kappa shape index (κ1) is 19.2. The molecular formula is C20H19N5O3. The molecule has 2 aromatic heterocycles. The number of aromatic nitrogens is 2. The summed E-state index contributed by atoms with van der Waals surface area (Å²) < 4.78 is 5.87. The van der Waals surface area contributed by atoms with Gasteiger partial charge in [-0.2, -0.15) is 0 Å². The smallest absolute Gasteiger partial charge is 0.134 e. The van der Waals surface area contributed by atoms with E-state index in [0.717, 1.165) is 6.54 Å². The molecule has 0 saturated carbocycles. The van der Waals surface area contributed by atoms with E-state index in [1.54, 1.807) is 54.9 Å². The van der Waals surface area contributed by atoms with Crippen molar-refractivity contribution in [2.75, 3.05) is 27.2 Å². The summed E-state index contributed by atoms with van der Waals surface area (Å²) in [5, 5.41) is 6.11. The summed E-state index contributed by atoms with van der Waals surface area (Å²) in [5.41, 5.74) is 2.55. The minimum Gasteiger partial charge on any atom is -0.492 e. The molecule has 0 atom stereocenters. The van der Waals surface area contributed by atoms with Gasteiger partial charge in [0.15, 0.2) is 0 Å². The highest BCUT2D eigenvalue weighted by Crippen LogP contribution is 2.36. The van der Waals surface area contributed by atoms with Crippen LogP contribution in [0.2, 0.25) is 0 Å². The van der Waals surface area contributed by atoms with E-state index < -0.39 is 0 Å². The number of benzene rings is 1. The Morgan fingerprint density at radius 1 is 0.893 bits per heavy atom. The molecule has 0 N–H and O–H groups in total. The highest BCUT2D eigenvalue weighted by Gasteiger charge is 2.14. The van der Waals surface area contributed by atoms with Crippen molar-refractivity contribution in [3.63, 3.8) is 0 Å². The second kappa shape index (κ2) is 8.92. The van der Waals surface area contributed by atoms with Crippen LogP contribution in [-0.4, -0.2) is 42.1 Å². The Balaban J connectivity index is 2.11. The van der Waals surface area contributed by atoms with Gasteiger partial charge in [0.05, 0.1) is 11.4 Å². The molecule has 0 aliphatic heterocycles. The predicted molar refractivity (Wildman–Crippen MR) is 108 cm³/mol. The van der Waals surface area contributed by atoms with E-state index in [1.807, 2.05) is 19.0 Å². The quantitative estimate of drug-likeness (QED) is 0.534. The fourth-order valence-corrected chi connectivity index (χ4v) is 2.69. The van der Waals surface area contributed by atoms with Crippen molar-refractivity contribution in [2.45, 2.75) is 0 Å². The first-order valence-electron chi connectivity index (χ1n) is 8.62. The molecule has 0 unspecified atom stereocenters. The van der Waals surface area contributed by atoms with Crippen molar-refractivity contribution < 1.29 is 4.74 Å². The predicted octanol–water partition coefficient (Wildman–Crippen LogP) is 4.55. The second-order valence-electron chi connectivity index (χ2n) is 6.32. The van der Waals surface area contributed by atoms with Gasteiger partial charge in [-0.15, -0.1) is 9.81 Å². The van der Waals surface area contributed by atoms with E-state index in [2.05, 4.69) is 20.3 Å². The molecule has 0 amide bonds. The maximum atomic E-state index is 11.2. The van der Waals surface area contributed by atoms with Crippen LogP contribution in [0.1, 0.15) is 0 Å². The highest BCUT2D eigenvalue weighted by molar-refractivity contribution is 5.80. The molecule has 2 heterocycles. The van der Waals surface area contributed by atoms with Crippen LogP contribution in [0.15, 0.2) is 65.2 Å². The van der Waals surface area contributed by atoms with Crippen molar-refractivity contribution >= 4 is 11.4 Å².